The number of amidine groups is 1. The second kappa shape index (κ2) is 3.72. The van der Waals surface area contributed by atoms with Crippen LogP contribution in [0.4, 0.5) is 11.5 Å². The number of aromatic nitrogens is 1. The number of rotatable bonds is 1. The van der Waals surface area contributed by atoms with Gasteiger partial charge in [0.25, 0.3) is 0 Å². The van der Waals surface area contributed by atoms with Crippen LogP contribution in [-0.2, 0) is 0 Å². The maximum Gasteiger partial charge on any atom is 0.148 e. The molecule has 0 bridgehead atoms. The molecule has 6 N–H and O–H groups in total. The van der Waals surface area contributed by atoms with Crippen molar-refractivity contribution in [1.29, 1.82) is 0 Å². The topological polar surface area (TPSA) is 107 Å². The van der Waals surface area contributed by atoms with Crippen LogP contribution in [0.1, 0.15) is 6.92 Å². The highest BCUT2D eigenvalue weighted by molar-refractivity contribution is 5.93. The molecule has 0 unspecified atom stereocenters. The summed E-state index contributed by atoms with van der Waals surface area (Å²) in [5.41, 5.74) is 6.04. The van der Waals surface area contributed by atoms with Crippen molar-refractivity contribution in [2.75, 3.05) is 10.7 Å². The number of pyridine rings is 1. The van der Waals surface area contributed by atoms with Crippen molar-refractivity contribution in [3.05, 3.63) is 18.3 Å². The Bertz CT molecular complexity index is 303. The van der Waals surface area contributed by atoms with Crippen molar-refractivity contribution in [2.24, 2.45) is 16.8 Å². The van der Waals surface area contributed by atoms with E-state index in [1.807, 2.05) is 0 Å². The molecular formula is C7H12N6. The minimum absolute atomic E-state index is 0.470. The van der Waals surface area contributed by atoms with E-state index in [1.54, 1.807) is 19.1 Å². The van der Waals surface area contributed by atoms with Crippen LogP contribution in [0.25, 0.3) is 0 Å². The van der Waals surface area contributed by atoms with Gasteiger partial charge in [0.15, 0.2) is 0 Å². The molecule has 0 aliphatic carbocycles. The summed E-state index contributed by atoms with van der Waals surface area (Å²) in [4.78, 5) is 3.99. The highest BCUT2D eigenvalue weighted by atomic mass is 15.5. The van der Waals surface area contributed by atoms with Gasteiger partial charge < -0.3 is 11.6 Å². The summed E-state index contributed by atoms with van der Waals surface area (Å²) in [6, 6.07) is 3.38. The van der Waals surface area contributed by atoms with Gasteiger partial charge in [-0.15, -0.1) is 0 Å². The summed E-state index contributed by atoms with van der Waals surface area (Å²) in [6.07, 6.45) is 1.51. The SMILES string of the molecule is C/C(=N/N)N(N)c1ccc(N)cn1. The zero-order chi connectivity index (χ0) is 9.84. The first-order valence-corrected chi connectivity index (χ1v) is 3.66. The standard InChI is InChI=1S/C7H12N6/c1-5(12-9)13(10)7-3-2-6(8)4-11-7/h2-4H,8-10H2,1H3/b12-5-. The van der Waals surface area contributed by atoms with Crippen molar-refractivity contribution in [3.8, 4) is 0 Å². The Morgan fingerprint density at radius 1 is 1.54 bits per heavy atom. The highest BCUT2D eigenvalue weighted by Gasteiger charge is 2.04. The highest BCUT2D eigenvalue weighted by Crippen LogP contribution is 2.08. The lowest BCUT2D eigenvalue weighted by atomic mass is 10.4. The maximum atomic E-state index is 5.62. The molecular weight excluding hydrogens is 168 g/mol. The third kappa shape index (κ3) is 2.06. The summed E-state index contributed by atoms with van der Waals surface area (Å²) >= 11 is 0. The molecule has 13 heavy (non-hydrogen) atoms. The van der Waals surface area contributed by atoms with Crippen LogP contribution in [0.2, 0.25) is 0 Å². The second-order valence-electron chi connectivity index (χ2n) is 2.50. The van der Waals surface area contributed by atoms with Gasteiger partial charge in [-0.05, 0) is 19.1 Å². The molecule has 6 heteroatoms. The maximum absolute atomic E-state index is 5.62. The number of anilines is 2. The number of hydrogen-bond acceptors (Lipinski definition) is 5. The summed E-state index contributed by atoms with van der Waals surface area (Å²) in [6.45, 7) is 1.68. The number of hydrogen-bond donors (Lipinski definition) is 3. The van der Waals surface area contributed by atoms with Crippen molar-refractivity contribution in [1.82, 2.24) is 4.98 Å². The molecule has 1 rings (SSSR count). The van der Waals surface area contributed by atoms with Gasteiger partial charge >= 0.3 is 0 Å². The molecule has 0 radical (unpaired) electrons. The molecule has 1 heterocycles. The fourth-order valence-corrected chi connectivity index (χ4v) is 0.768. The first-order chi connectivity index (χ1) is 6.15. The normalized spacial score (nSPS) is 11.4. The molecule has 0 aliphatic heterocycles. The molecule has 70 valence electrons. The number of hydrazine groups is 1. The van der Waals surface area contributed by atoms with E-state index >= 15 is 0 Å². The van der Waals surface area contributed by atoms with Crippen molar-refractivity contribution in [3.63, 3.8) is 0 Å². The molecule has 0 saturated heterocycles. The Kier molecular flexibility index (Phi) is 2.65. The number of nitrogen functional groups attached to an aromatic ring is 1. The molecule has 1 aromatic rings. The lowest BCUT2D eigenvalue weighted by Crippen LogP contribution is -2.37. The summed E-state index contributed by atoms with van der Waals surface area (Å²) in [7, 11) is 0. The Labute approximate surface area is 76.0 Å². The molecule has 6 nitrogen and oxygen atoms in total. The monoisotopic (exact) mass is 180 g/mol. The van der Waals surface area contributed by atoms with Gasteiger partial charge in [-0.1, -0.05) is 0 Å². The predicted octanol–water partition coefficient (Wildman–Crippen LogP) is -0.364. The molecule has 0 aliphatic rings. The fraction of sp³-hybridized carbons (Fsp3) is 0.143. The molecule has 0 aromatic carbocycles. The molecule has 0 saturated carbocycles. The molecule has 0 spiro atoms. The van der Waals surface area contributed by atoms with Gasteiger partial charge in [-0.2, -0.15) is 5.10 Å². The van der Waals surface area contributed by atoms with Crippen LogP contribution >= 0.6 is 0 Å². The molecule has 1 aromatic heterocycles. The Hall–Kier alpha value is -1.82. The van der Waals surface area contributed by atoms with E-state index in [9.17, 15) is 0 Å². The summed E-state index contributed by atoms with van der Waals surface area (Å²) in [5, 5.41) is 4.71. The average Bonchev–Trinajstić information content (AvgIpc) is 2.17. The first kappa shape index (κ1) is 9.27. The van der Waals surface area contributed by atoms with E-state index in [2.05, 4.69) is 10.1 Å². The van der Waals surface area contributed by atoms with E-state index in [1.165, 1.54) is 11.2 Å². The van der Waals surface area contributed by atoms with Crippen LogP contribution in [0.3, 0.4) is 0 Å². The first-order valence-electron chi connectivity index (χ1n) is 3.66. The van der Waals surface area contributed by atoms with Crippen LogP contribution in [0.5, 0.6) is 0 Å². The summed E-state index contributed by atoms with van der Waals surface area (Å²) in [5.74, 6) is 11.7. The van der Waals surface area contributed by atoms with Crippen LogP contribution in [0, 0.1) is 0 Å². The zero-order valence-electron chi connectivity index (χ0n) is 7.31. The van der Waals surface area contributed by atoms with Gasteiger partial charge in [-0.25, -0.2) is 15.8 Å². The molecule has 0 amide bonds. The van der Waals surface area contributed by atoms with E-state index < -0.39 is 0 Å². The lowest BCUT2D eigenvalue weighted by Gasteiger charge is -2.15. The van der Waals surface area contributed by atoms with Gasteiger partial charge in [0.05, 0.1) is 11.9 Å². The summed E-state index contributed by atoms with van der Waals surface area (Å²) < 4.78 is 0. The van der Waals surface area contributed by atoms with Gasteiger partial charge in [0, 0.05) is 0 Å². The minimum Gasteiger partial charge on any atom is -0.397 e. The third-order valence-electron chi connectivity index (χ3n) is 1.55. The second-order valence-corrected chi connectivity index (χ2v) is 2.50. The average molecular weight is 180 g/mol. The lowest BCUT2D eigenvalue weighted by molar-refractivity contribution is 1.04. The van der Waals surface area contributed by atoms with Crippen molar-refractivity contribution < 1.29 is 0 Å². The van der Waals surface area contributed by atoms with Crippen LogP contribution in [-0.4, -0.2) is 10.8 Å². The predicted molar refractivity (Wildman–Crippen MR) is 52.6 cm³/mol. The molecule has 0 fully saturated rings. The smallest absolute Gasteiger partial charge is 0.148 e. The van der Waals surface area contributed by atoms with Crippen molar-refractivity contribution in [2.45, 2.75) is 6.92 Å². The van der Waals surface area contributed by atoms with E-state index in [0.717, 1.165) is 0 Å². The fourth-order valence-electron chi connectivity index (χ4n) is 0.768. The van der Waals surface area contributed by atoms with Crippen molar-refractivity contribution >= 4 is 17.3 Å². The Balaban J connectivity index is 2.89. The van der Waals surface area contributed by atoms with E-state index in [4.69, 9.17) is 17.4 Å². The van der Waals surface area contributed by atoms with E-state index in [-0.39, 0.29) is 0 Å². The third-order valence-corrected chi connectivity index (χ3v) is 1.55. The van der Waals surface area contributed by atoms with Crippen LogP contribution in [0.15, 0.2) is 23.4 Å². The molecule has 0 atom stereocenters. The Morgan fingerprint density at radius 3 is 2.69 bits per heavy atom. The largest absolute Gasteiger partial charge is 0.397 e. The zero-order valence-corrected chi connectivity index (χ0v) is 7.31. The van der Waals surface area contributed by atoms with Gasteiger partial charge in [-0.3, -0.25) is 0 Å². The number of nitrogens with zero attached hydrogens (tertiary/aromatic N) is 3. The van der Waals surface area contributed by atoms with E-state index in [0.29, 0.717) is 17.3 Å². The minimum atomic E-state index is 0.470. The van der Waals surface area contributed by atoms with Gasteiger partial charge in [0.1, 0.15) is 11.7 Å². The quantitative estimate of drug-likeness (QED) is 0.237. The van der Waals surface area contributed by atoms with Gasteiger partial charge in [0.2, 0.25) is 0 Å². The Morgan fingerprint density at radius 2 is 2.23 bits per heavy atom. The number of hydrazone groups is 1. The van der Waals surface area contributed by atoms with Crippen LogP contribution < -0.4 is 22.4 Å². The number of nitrogens with two attached hydrogens (primary N) is 3.